The smallest absolute Gasteiger partial charge is 0.325 e. The van der Waals surface area contributed by atoms with E-state index in [9.17, 15) is 19.1 Å². The van der Waals surface area contributed by atoms with Crippen molar-refractivity contribution < 1.29 is 28.2 Å². The summed E-state index contributed by atoms with van der Waals surface area (Å²) < 4.78 is 23.9. The van der Waals surface area contributed by atoms with Gasteiger partial charge >= 0.3 is 6.03 Å². The van der Waals surface area contributed by atoms with E-state index in [2.05, 4.69) is 5.32 Å². The second-order valence-electron chi connectivity index (χ2n) is 5.84. The van der Waals surface area contributed by atoms with Crippen molar-refractivity contribution in [1.29, 1.82) is 0 Å². The number of rotatable bonds is 6. The first-order chi connectivity index (χ1) is 11.9. The Balaban J connectivity index is 1.63. The third-order valence-electron chi connectivity index (χ3n) is 3.95. The Kier molecular flexibility index (Phi) is 4.45. The van der Waals surface area contributed by atoms with E-state index in [1.807, 2.05) is 0 Å². The Morgan fingerprint density at radius 2 is 2.08 bits per heavy atom. The molecule has 132 valence electrons. The molecule has 3 rings (SSSR count). The fraction of sp³-hybridized carbons (Fsp3) is 0.294. The number of aliphatic hydroxyl groups excluding tert-OH is 1. The molecular formula is C17H17FN2O5. The molecule has 0 aliphatic carbocycles. The zero-order valence-electron chi connectivity index (χ0n) is 13.4. The number of hydrogen-bond acceptors (Lipinski definition) is 5. The molecule has 2 N–H and O–H groups in total. The summed E-state index contributed by atoms with van der Waals surface area (Å²) in [6.45, 7) is 0.971. The average molecular weight is 348 g/mol. The molecule has 3 amide bonds. The van der Waals surface area contributed by atoms with Gasteiger partial charge in [-0.25, -0.2) is 9.18 Å². The third-order valence-corrected chi connectivity index (χ3v) is 3.95. The average Bonchev–Trinajstić information content (AvgIpc) is 3.19. The van der Waals surface area contributed by atoms with Gasteiger partial charge in [-0.1, -0.05) is 12.1 Å². The van der Waals surface area contributed by atoms with Crippen LogP contribution in [0.3, 0.4) is 0 Å². The number of aliphatic hydroxyl groups is 1. The van der Waals surface area contributed by atoms with Gasteiger partial charge in [0.05, 0.1) is 12.8 Å². The molecule has 1 aromatic heterocycles. The number of carbonyl (C=O) groups is 2. The van der Waals surface area contributed by atoms with Crippen LogP contribution in [0, 0.1) is 5.82 Å². The van der Waals surface area contributed by atoms with Crippen molar-refractivity contribution in [3.8, 4) is 5.75 Å². The number of amides is 3. The zero-order chi connectivity index (χ0) is 18.0. The first-order valence-electron chi connectivity index (χ1n) is 7.65. The predicted molar refractivity (Wildman–Crippen MR) is 84.2 cm³/mol. The molecule has 1 saturated heterocycles. The number of urea groups is 1. The second kappa shape index (κ2) is 6.56. The van der Waals surface area contributed by atoms with Crippen molar-refractivity contribution >= 4 is 11.9 Å². The van der Waals surface area contributed by atoms with Crippen LogP contribution in [-0.2, 0) is 10.3 Å². The highest BCUT2D eigenvalue weighted by molar-refractivity contribution is 6.06. The van der Waals surface area contributed by atoms with Crippen LogP contribution >= 0.6 is 0 Å². The molecule has 25 heavy (non-hydrogen) atoms. The molecule has 2 atom stereocenters. The molecule has 1 fully saturated rings. The molecule has 1 aromatic carbocycles. The quantitative estimate of drug-likeness (QED) is 0.774. The number of halogens is 1. The molecule has 8 heteroatoms. The lowest BCUT2D eigenvalue weighted by Gasteiger charge is -2.20. The summed E-state index contributed by atoms with van der Waals surface area (Å²) in [5, 5.41) is 12.6. The molecule has 1 aliphatic rings. The lowest BCUT2D eigenvalue weighted by atomic mass is 9.99. The number of para-hydroxylation sites is 1. The number of ether oxygens (including phenoxy) is 1. The summed E-state index contributed by atoms with van der Waals surface area (Å²) in [4.78, 5) is 25.6. The minimum atomic E-state index is -1.33. The van der Waals surface area contributed by atoms with Gasteiger partial charge in [-0.3, -0.25) is 9.69 Å². The molecule has 0 saturated carbocycles. The Morgan fingerprint density at radius 3 is 2.76 bits per heavy atom. The van der Waals surface area contributed by atoms with Crippen LogP contribution in [0.5, 0.6) is 5.75 Å². The van der Waals surface area contributed by atoms with Gasteiger partial charge in [-0.15, -0.1) is 0 Å². The molecule has 0 unspecified atom stereocenters. The van der Waals surface area contributed by atoms with Gasteiger partial charge < -0.3 is 19.6 Å². The summed E-state index contributed by atoms with van der Waals surface area (Å²) in [6, 6.07) is 8.31. The third kappa shape index (κ3) is 3.20. The monoisotopic (exact) mass is 348 g/mol. The highest BCUT2D eigenvalue weighted by Gasteiger charge is 2.51. The van der Waals surface area contributed by atoms with E-state index in [0.717, 1.165) is 4.90 Å². The molecule has 0 spiro atoms. The number of carbonyl (C=O) groups excluding carboxylic acids is 2. The minimum absolute atomic E-state index is 0.0147. The van der Waals surface area contributed by atoms with Crippen LogP contribution < -0.4 is 10.1 Å². The summed E-state index contributed by atoms with van der Waals surface area (Å²) >= 11 is 0. The van der Waals surface area contributed by atoms with Crippen LogP contribution in [0.15, 0.2) is 47.1 Å². The first kappa shape index (κ1) is 17.0. The predicted octanol–water partition coefficient (Wildman–Crippen LogP) is 1.63. The summed E-state index contributed by atoms with van der Waals surface area (Å²) in [5.41, 5.74) is -1.33. The van der Waals surface area contributed by atoms with Crippen molar-refractivity contribution in [3.63, 3.8) is 0 Å². The van der Waals surface area contributed by atoms with Crippen LogP contribution in [-0.4, -0.2) is 41.2 Å². The van der Waals surface area contributed by atoms with Gasteiger partial charge in [0.15, 0.2) is 17.1 Å². The van der Waals surface area contributed by atoms with Crippen molar-refractivity contribution in [1.82, 2.24) is 10.2 Å². The number of benzene rings is 1. The van der Waals surface area contributed by atoms with E-state index in [1.54, 1.807) is 18.2 Å². The molecule has 2 aromatic rings. The number of hydrogen-bond donors (Lipinski definition) is 2. The number of imide groups is 1. The van der Waals surface area contributed by atoms with Crippen molar-refractivity contribution in [2.24, 2.45) is 0 Å². The van der Waals surface area contributed by atoms with E-state index in [-0.39, 0.29) is 18.9 Å². The van der Waals surface area contributed by atoms with Gasteiger partial charge in [0.1, 0.15) is 18.5 Å². The maximum atomic E-state index is 13.5. The summed E-state index contributed by atoms with van der Waals surface area (Å²) in [6.07, 6.45) is 0.230. The maximum absolute atomic E-state index is 13.5. The second-order valence-corrected chi connectivity index (χ2v) is 5.84. The van der Waals surface area contributed by atoms with Gasteiger partial charge in [-0.05, 0) is 31.2 Å². The maximum Gasteiger partial charge on any atom is 0.325 e. The number of nitrogens with zero attached hydrogens (tertiary/aromatic N) is 1. The van der Waals surface area contributed by atoms with Crippen LogP contribution in [0.2, 0.25) is 0 Å². The Bertz CT molecular complexity index is 779. The van der Waals surface area contributed by atoms with Gasteiger partial charge in [0.2, 0.25) is 0 Å². The van der Waals surface area contributed by atoms with Gasteiger partial charge in [-0.2, -0.15) is 0 Å². The normalized spacial score (nSPS) is 21.3. The topological polar surface area (TPSA) is 92.0 Å². The molecule has 7 nitrogen and oxygen atoms in total. The Morgan fingerprint density at radius 1 is 1.32 bits per heavy atom. The number of nitrogens with one attached hydrogen (secondary N) is 1. The lowest BCUT2D eigenvalue weighted by molar-refractivity contribution is -0.132. The number of furan rings is 1. The standard InChI is InChI=1S/C17H17FN2O5/c1-17(14-7-4-8-24-14)15(22)20(16(23)19-17)9-11(21)10-25-13-6-3-2-5-12(13)18/h2-8,11,21H,9-10H2,1H3,(H,19,23)/t11-,17+/m1/s1. The molecule has 0 bridgehead atoms. The fourth-order valence-electron chi connectivity index (χ4n) is 2.60. The first-order valence-corrected chi connectivity index (χ1v) is 7.65. The highest BCUT2D eigenvalue weighted by atomic mass is 19.1. The fourth-order valence-corrected chi connectivity index (χ4v) is 2.60. The van der Waals surface area contributed by atoms with Crippen LogP contribution in [0.4, 0.5) is 9.18 Å². The molecule has 2 heterocycles. The molecule has 0 radical (unpaired) electrons. The van der Waals surface area contributed by atoms with Gasteiger partial charge in [0.25, 0.3) is 5.91 Å². The van der Waals surface area contributed by atoms with E-state index in [1.165, 1.54) is 31.4 Å². The SMILES string of the molecule is C[C@@]1(c2ccco2)NC(=O)N(C[C@@H](O)COc2ccccc2F)C1=O. The van der Waals surface area contributed by atoms with Crippen molar-refractivity contribution in [3.05, 3.63) is 54.2 Å². The largest absolute Gasteiger partial charge is 0.488 e. The zero-order valence-corrected chi connectivity index (χ0v) is 13.4. The number of β-amino-alcohol motifs (C(OH)–C–C–N with tert-alkyl or cyclic N) is 1. The molecular weight excluding hydrogens is 331 g/mol. The molecule has 1 aliphatic heterocycles. The van der Waals surface area contributed by atoms with E-state index >= 15 is 0 Å². The Hall–Kier alpha value is -2.87. The minimum Gasteiger partial charge on any atom is -0.488 e. The summed E-state index contributed by atoms with van der Waals surface area (Å²) in [5.74, 6) is -0.822. The van der Waals surface area contributed by atoms with E-state index in [4.69, 9.17) is 9.15 Å². The van der Waals surface area contributed by atoms with E-state index in [0.29, 0.717) is 5.76 Å². The summed E-state index contributed by atoms with van der Waals surface area (Å²) in [7, 11) is 0. The van der Waals surface area contributed by atoms with Gasteiger partial charge in [0, 0.05) is 0 Å². The Labute approximate surface area is 143 Å². The van der Waals surface area contributed by atoms with Crippen molar-refractivity contribution in [2.45, 2.75) is 18.6 Å². The van der Waals surface area contributed by atoms with E-state index < -0.39 is 29.4 Å². The van der Waals surface area contributed by atoms with Crippen LogP contribution in [0.25, 0.3) is 0 Å². The van der Waals surface area contributed by atoms with Crippen LogP contribution in [0.1, 0.15) is 12.7 Å². The highest BCUT2D eigenvalue weighted by Crippen LogP contribution is 2.29. The van der Waals surface area contributed by atoms with Crippen molar-refractivity contribution in [2.75, 3.05) is 13.2 Å². The lowest BCUT2D eigenvalue weighted by Crippen LogP contribution is -2.42.